The lowest BCUT2D eigenvalue weighted by Gasteiger charge is -2.11. The Morgan fingerprint density at radius 2 is 1.44 bits per heavy atom. The minimum atomic E-state index is -0.407. The maximum absolute atomic E-state index is 12.7. The van der Waals surface area contributed by atoms with Gasteiger partial charge in [0.1, 0.15) is 0 Å². The number of para-hydroxylation sites is 1. The van der Waals surface area contributed by atoms with Crippen molar-refractivity contribution in [1.82, 2.24) is 0 Å². The highest BCUT2D eigenvalue weighted by Gasteiger charge is 2.17. The molecule has 0 radical (unpaired) electrons. The lowest BCUT2D eigenvalue weighted by molar-refractivity contribution is 0.102. The van der Waals surface area contributed by atoms with E-state index >= 15 is 0 Å². The Morgan fingerprint density at radius 3 is 2.16 bits per heavy atom. The molecule has 0 bridgehead atoms. The number of nitrogens with one attached hydrogen (secondary N) is 1. The first-order chi connectivity index (χ1) is 12.1. The second-order valence-electron chi connectivity index (χ2n) is 5.32. The highest BCUT2D eigenvalue weighted by molar-refractivity contribution is 6.37. The number of amides is 1. The van der Waals surface area contributed by atoms with Gasteiger partial charge in [0.15, 0.2) is 5.78 Å². The molecule has 3 rings (SSSR count). The SMILES string of the molecule is O=C(Nc1ccccc1C(=O)c1ccccc1)c1ccc(Cl)cc1Cl. The fourth-order valence-electron chi connectivity index (χ4n) is 2.40. The van der Waals surface area contributed by atoms with Crippen LogP contribution in [0, 0.1) is 0 Å². The van der Waals surface area contributed by atoms with Gasteiger partial charge in [-0.3, -0.25) is 9.59 Å². The first kappa shape index (κ1) is 17.2. The van der Waals surface area contributed by atoms with E-state index in [0.717, 1.165) is 0 Å². The van der Waals surface area contributed by atoms with Crippen LogP contribution in [0.2, 0.25) is 10.0 Å². The Balaban J connectivity index is 1.91. The van der Waals surface area contributed by atoms with Gasteiger partial charge >= 0.3 is 0 Å². The first-order valence-electron chi connectivity index (χ1n) is 7.51. The summed E-state index contributed by atoms with van der Waals surface area (Å²) in [4.78, 5) is 25.2. The van der Waals surface area contributed by atoms with E-state index < -0.39 is 5.91 Å². The molecule has 0 fully saturated rings. The van der Waals surface area contributed by atoms with Crippen LogP contribution < -0.4 is 5.32 Å². The third-order valence-electron chi connectivity index (χ3n) is 3.63. The Bertz CT molecular complexity index is 939. The van der Waals surface area contributed by atoms with Gasteiger partial charge in [-0.05, 0) is 30.3 Å². The molecule has 0 saturated carbocycles. The van der Waals surface area contributed by atoms with Crippen molar-refractivity contribution < 1.29 is 9.59 Å². The van der Waals surface area contributed by atoms with E-state index in [1.807, 2.05) is 6.07 Å². The van der Waals surface area contributed by atoms with Gasteiger partial charge in [-0.1, -0.05) is 65.7 Å². The predicted molar refractivity (Wildman–Crippen MR) is 101 cm³/mol. The summed E-state index contributed by atoms with van der Waals surface area (Å²) in [5, 5.41) is 3.44. The number of benzene rings is 3. The standard InChI is InChI=1S/C20H13Cl2NO2/c21-14-10-11-15(17(22)12-14)20(25)23-18-9-5-4-8-16(18)19(24)13-6-2-1-3-7-13/h1-12H,(H,23,25). The Kier molecular flexibility index (Phi) is 5.17. The molecule has 3 aromatic carbocycles. The van der Waals surface area contributed by atoms with Crippen LogP contribution in [0.1, 0.15) is 26.3 Å². The number of hydrogen-bond donors (Lipinski definition) is 1. The molecular weight excluding hydrogens is 357 g/mol. The number of hydrogen-bond acceptors (Lipinski definition) is 2. The van der Waals surface area contributed by atoms with E-state index in [1.54, 1.807) is 60.7 Å². The van der Waals surface area contributed by atoms with E-state index in [0.29, 0.717) is 21.8 Å². The molecular formula is C20H13Cl2NO2. The fourth-order valence-corrected chi connectivity index (χ4v) is 2.89. The van der Waals surface area contributed by atoms with Crippen molar-refractivity contribution in [3.8, 4) is 0 Å². The summed E-state index contributed by atoms with van der Waals surface area (Å²) in [6.45, 7) is 0. The molecule has 0 aromatic heterocycles. The van der Waals surface area contributed by atoms with E-state index in [2.05, 4.69) is 5.32 Å². The molecule has 0 aliphatic heterocycles. The van der Waals surface area contributed by atoms with Crippen LogP contribution in [0.3, 0.4) is 0 Å². The molecule has 0 saturated heterocycles. The second kappa shape index (κ2) is 7.51. The van der Waals surface area contributed by atoms with E-state index in [1.165, 1.54) is 6.07 Å². The van der Waals surface area contributed by atoms with Crippen molar-refractivity contribution in [2.75, 3.05) is 5.32 Å². The van der Waals surface area contributed by atoms with Crippen molar-refractivity contribution in [3.05, 3.63) is 99.5 Å². The van der Waals surface area contributed by atoms with Gasteiger partial charge in [0.2, 0.25) is 0 Å². The number of carbonyl (C=O) groups is 2. The number of ketones is 1. The lowest BCUT2D eigenvalue weighted by Crippen LogP contribution is -2.15. The smallest absolute Gasteiger partial charge is 0.257 e. The molecule has 124 valence electrons. The quantitative estimate of drug-likeness (QED) is 0.619. The zero-order valence-electron chi connectivity index (χ0n) is 13.0. The molecule has 3 aromatic rings. The summed E-state index contributed by atoms with van der Waals surface area (Å²) in [6.07, 6.45) is 0. The van der Waals surface area contributed by atoms with Crippen LogP contribution in [-0.2, 0) is 0 Å². The van der Waals surface area contributed by atoms with Crippen LogP contribution in [0.25, 0.3) is 0 Å². The predicted octanol–water partition coefficient (Wildman–Crippen LogP) is 5.48. The van der Waals surface area contributed by atoms with Crippen LogP contribution in [0.4, 0.5) is 5.69 Å². The number of halogens is 2. The molecule has 0 spiro atoms. The third kappa shape index (κ3) is 3.90. The first-order valence-corrected chi connectivity index (χ1v) is 8.27. The zero-order valence-corrected chi connectivity index (χ0v) is 14.5. The summed E-state index contributed by atoms with van der Waals surface area (Å²) < 4.78 is 0. The van der Waals surface area contributed by atoms with Gasteiger partial charge in [-0.25, -0.2) is 0 Å². The summed E-state index contributed by atoms with van der Waals surface area (Å²) in [5.41, 5.74) is 1.67. The topological polar surface area (TPSA) is 46.2 Å². The second-order valence-corrected chi connectivity index (χ2v) is 6.16. The van der Waals surface area contributed by atoms with Crippen molar-refractivity contribution in [2.24, 2.45) is 0 Å². The minimum Gasteiger partial charge on any atom is -0.321 e. The summed E-state index contributed by atoms with van der Waals surface area (Å²) >= 11 is 11.9. The van der Waals surface area contributed by atoms with Crippen molar-refractivity contribution >= 4 is 40.6 Å². The molecule has 0 atom stereocenters. The molecule has 1 N–H and O–H groups in total. The average Bonchev–Trinajstić information content (AvgIpc) is 2.62. The molecule has 0 heterocycles. The van der Waals surface area contributed by atoms with Crippen molar-refractivity contribution in [3.63, 3.8) is 0 Å². The van der Waals surface area contributed by atoms with Gasteiger partial charge in [0, 0.05) is 16.1 Å². The van der Waals surface area contributed by atoms with E-state index in [-0.39, 0.29) is 16.4 Å². The van der Waals surface area contributed by atoms with E-state index in [9.17, 15) is 9.59 Å². The molecule has 5 heteroatoms. The summed E-state index contributed by atoms with van der Waals surface area (Å²) in [5.74, 6) is -0.575. The number of carbonyl (C=O) groups excluding carboxylic acids is 2. The molecule has 25 heavy (non-hydrogen) atoms. The van der Waals surface area contributed by atoms with Gasteiger partial charge in [0.25, 0.3) is 5.91 Å². The summed E-state index contributed by atoms with van der Waals surface area (Å²) in [6, 6.07) is 20.4. The maximum atomic E-state index is 12.7. The van der Waals surface area contributed by atoms with Crippen LogP contribution in [0.5, 0.6) is 0 Å². The maximum Gasteiger partial charge on any atom is 0.257 e. The Morgan fingerprint density at radius 1 is 0.760 bits per heavy atom. The Labute approximate surface area is 155 Å². The van der Waals surface area contributed by atoms with E-state index in [4.69, 9.17) is 23.2 Å². The van der Waals surface area contributed by atoms with Crippen LogP contribution in [-0.4, -0.2) is 11.7 Å². The van der Waals surface area contributed by atoms with Gasteiger partial charge in [0.05, 0.1) is 16.3 Å². The van der Waals surface area contributed by atoms with Gasteiger partial charge in [-0.15, -0.1) is 0 Å². The average molecular weight is 370 g/mol. The highest BCUT2D eigenvalue weighted by atomic mass is 35.5. The molecule has 3 nitrogen and oxygen atoms in total. The normalized spacial score (nSPS) is 10.3. The van der Waals surface area contributed by atoms with Gasteiger partial charge in [-0.2, -0.15) is 0 Å². The molecule has 0 unspecified atom stereocenters. The van der Waals surface area contributed by atoms with Crippen molar-refractivity contribution in [1.29, 1.82) is 0 Å². The number of anilines is 1. The highest BCUT2D eigenvalue weighted by Crippen LogP contribution is 2.24. The minimum absolute atomic E-state index is 0.168. The third-order valence-corrected chi connectivity index (χ3v) is 4.18. The number of rotatable bonds is 4. The van der Waals surface area contributed by atoms with Crippen LogP contribution >= 0.6 is 23.2 Å². The lowest BCUT2D eigenvalue weighted by atomic mass is 10.0. The zero-order chi connectivity index (χ0) is 17.8. The summed E-state index contributed by atoms with van der Waals surface area (Å²) in [7, 11) is 0. The largest absolute Gasteiger partial charge is 0.321 e. The molecule has 0 aliphatic rings. The van der Waals surface area contributed by atoms with Crippen molar-refractivity contribution in [2.45, 2.75) is 0 Å². The molecule has 1 amide bonds. The Hall–Kier alpha value is -2.62. The fraction of sp³-hybridized carbons (Fsp3) is 0. The van der Waals surface area contributed by atoms with Crippen LogP contribution in [0.15, 0.2) is 72.8 Å². The monoisotopic (exact) mass is 369 g/mol. The molecule has 0 aliphatic carbocycles. The van der Waals surface area contributed by atoms with Gasteiger partial charge < -0.3 is 5.32 Å².